The average molecular weight is 279 g/mol. The smallest absolute Gasteiger partial charge is 0.232 e. The van der Waals surface area contributed by atoms with Gasteiger partial charge in [0.05, 0.1) is 26.9 Å². The fourth-order valence-corrected chi connectivity index (χ4v) is 1.90. The number of hydrogen-bond donors (Lipinski definition) is 1. The van der Waals surface area contributed by atoms with Crippen LogP contribution in [-0.2, 0) is 14.2 Å². The fraction of sp³-hybridized carbons (Fsp3) is 0.583. The van der Waals surface area contributed by atoms with Crippen LogP contribution in [0.3, 0.4) is 0 Å². The van der Waals surface area contributed by atoms with E-state index in [-0.39, 0.29) is 13.0 Å². The maximum atomic E-state index is 9.29. The molecule has 0 atom stereocenters. The lowest BCUT2D eigenvalue weighted by atomic mass is 10.2. The van der Waals surface area contributed by atoms with E-state index in [0.29, 0.717) is 37.1 Å². The van der Waals surface area contributed by atoms with Crippen LogP contribution in [0, 0.1) is 11.3 Å². The fourth-order valence-electron chi connectivity index (χ4n) is 1.90. The van der Waals surface area contributed by atoms with E-state index in [0.717, 1.165) is 0 Å². The van der Waals surface area contributed by atoms with E-state index in [2.05, 4.69) is 21.5 Å². The van der Waals surface area contributed by atoms with Gasteiger partial charge in [-0.2, -0.15) is 10.4 Å². The number of hydrogen-bond acceptors (Lipinski definition) is 8. The summed E-state index contributed by atoms with van der Waals surface area (Å²) in [5, 5.41) is 18.2. The summed E-state index contributed by atoms with van der Waals surface area (Å²) in [4.78, 5) is 4.15. The summed E-state index contributed by atoms with van der Waals surface area (Å²) in [6.45, 7) is 3.67. The Morgan fingerprint density at radius 1 is 1.60 bits per heavy atom. The van der Waals surface area contributed by atoms with Crippen LogP contribution >= 0.6 is 0 Å². The van der Waals surface area contributed by atoms with Gasteiger partial charge >= 0.3 is 0 Å². The molecular weight excluding hydrogens is 262 g/mol. The Labute approximate surface area is 117 Å². The molecule has 0 amide bonds. The second-order valence-corrected chi connectivity index (χ2v) is 3.97. The number of hydrazone groups is 1. The predicted octanol–water partition coefficient (Wildman–Crippen LogP) is 0.00778. The highest BCUT2D eigenvalue weighted by atomic mass is 16.7. The van der Waals surface area contributed by atoms with Crippen LogP contribution in [-0.4, -0.2) is 56.9 Å². The van der Waals surface area contributed by atoms with Crippen molar-refractivity contribution in [2.75, 3.05) is 33.5 Å². The molecule has 8 heteroatoms. The zero-order chi connectivity index (χ0) is 14.4. The second-order valence-electron chi connectivity index (χ2n) is 3.97. The summed E-state index contributed by atoms with van der Waals surface area (Å²) in [7, 11) is 1.48. The molecule has 108 valence electrons. The van der Waals surface area contributed by atoms with Crippen molar-refractivity contribution >= 4 is 12.1 Å². The maximum absolute atomic E-state index is 9.29. The molecule has 1 saturated heterocycles. The van der Waals surface area contributed by atoms with E-state index in [4.69, 9.17) is 14.2 Å². The second kappa shape index (κ2) is 6.88. The van der Waals surface area contributed by atoms with Crippen molar-refractivity contribution < 1.29 is 14.2 Å². The summed E-state index contributed by atoms with van der Waals surface area (Å²) < 4.78 is 15.8. The Morgan fingerprint density at radius 2 is 2.35 bits per heavy atom. The van der Waals surface area contributed by atoms with E-state index in [1.807, 2.05) is 0 Å². The first kappa shape index (κ1) is 14.3. The number of rotatable bonds is 4. The van der Waals surface area contributed by atoms with Crippen molar-refractivity contribution in [3.63, 3.8) is 0 Å². The highest BCUT2D eigenvalue weighted by Gasteiger charge is 2.25. The zero-order valence-corrected chi connectivity index (χ0v) is 11.5. The van der Waals surface area contributed by atoms with E-state index < -0.39 is 0 Å². The molecule has 2 aliphatic heterocycles. The highest BCUT2D eigenvalue weighted by Crippen LogP contribution is 2.16. The van der Waals surface area contributed by atoms with Gasteiger partial charge < -0.3 is 19.5 Å². The standard InChI is InChI=1S/C12H17N5O3/c1-3-16-17-8-15-12(18-2)9(6-13)11(17)14-7-10-19-4-5-20-10/h3,10,14H,4-5,7-8H2,1-2H3/b16-3-. The summed E-state index contributed by atoms with van der Waals surface area (Å²) in [5.74, 6) is 0.836. The molecule has 0 radical (unpaired) electrons. The van der Waals surface area contributed by atoms with Gasteiger partial charge in [-0.1, -0.05) is 0 Å². The summed E-state index contributed by atoms with van der Waals surface area (Å²) in [6, 6.07) is 2.08. The van der Waals surface area contributed by atoms with Crippen LogP contribution in [0.25, 0.3) is 0 Å². The minimum atomic E-state index is -0.320. The van der Waals surface area contributed by atoms with Gasteiger partial charge in [-0.15, -0.1) is 0 Å². The van der Waals surface area contributed by atoms with Crippen LogP contribution < -0.4 is 5.32 Å². The third-order valence-corrected chi connectivity index (χ3v) is 2.74. The number of aliphatic imine (C=N–C) groups is 1. The number of nitrogens with zero attached hydrogens (tertiary/aromatic N) is 4. The molecule has 0 spiro atoms. The molecule has 0 aromatic heterocycles. The van der Waals surface area contributed by atoms with Crippen molar-refractivity contribution in [1.82, 2.24) is 10.3 Å². The molecule has 0 bridgehead atoms. The summed E-state index contributed by atoms with van der Waals surface area (Å²) in [6.07, 6.45) is 1.31. The van der Waals surface area contributed by atoms with Crippen LogP contribution in [0.4, 0.5) is 0 Å². The van der Waals surface area contributed by atoms with Crippen LogP contribution in [0.15, 0.2) is 21.5 Å². The lowest BCUT2D eigenvalue weighted by molar-refractivity contribution is -0.0386. The van der Waals surface area contributed by atoms with E-state index in [9.17, 15) is 5.26 Å². The van der Waals surface area contributed by atoms with Crippen molar-refractivity contribution in [1.29, 1.82) is 5.26 Å². The molecule has 0 aromatic carbocycles. The Morgan fingerprint density at radius 3 is 2.95 bits per heavy atom. The molecule has 2 heterocycles. The van der Waals surface area contributed by atoms with Gasteiger partial charge in [0, 0.05) is 6.21 Å². The van der Waals surface area contributed by atoms with Crippen molar-refractivity contribution in [2.24, 2.45) is 10.1 Å². The Bertz CT molecular complexity index is 474. The summed E-state index contributed by atoms with van der Waals surface area (Å²) in [5.41, 5.74) is 0.308. The van der Waals surface area contributed by atoms with Crippen LogP contribution in [0.1, 0.15) is 6.92 Å². The van der Waals surface area contributed by atoms with E-state index >= 15 is 0 Å². The van der Waals surface area contributed by atoms with Gasteiger partial charge in [0.15, 0.2) is 11.9 Å². The first-order valence-electron chi connectivity index (χ1n) is 6.26. The van der Waals surface area contributed by atoms with E-state index in [1.165, 1.54) is 7.11 Å². The summed E-state index contributed by atoms with van der Waals surface area (Å²) >= 11 is 0. The van der Waals surface area contributed by atoms with Gasteiger partial charge in [-0.25, -0.2) is 10.0 Å². The average Bonchev–Trinajstić information content (AvgIpc) is 2.98. The van der Waals surface area contributed by atoms with Crippen molar-refractivity contribution in [3.05, 3.63) is 11.4 Å². The largest absolute Gasteiger partial charge is 0.480 e. The van der Waals surface area contributed by atoms with E-state index in [1.54, 1.807) is 18.1 Å². The molecule has 8 nitrogen and oxygen atoms in total. The minimum absolute atomic E-state index is 0.285. The van der Waals surface area contributed by atoms with Gasteiger partial charge in [-0.05, 0) is 6.92 Å². The van der Waals surface area contributed by atoms with Gasteiger partial charge in [0.2, 0.25) is 5.90 Å². The molecule has 0 unspecified atom stereocenters. The highest BCUT2D eigenvalue weighted by molar-refractivity contribution is 5.98. The van der Waals surface area contributed by atoms with Crippen molar-refractivity contribution in [2.45, 2.75) is 13.2 Å². The topological polar surface area (TPSA) is 91.5 Å². The Kier molecular flexibility index (Phi) is 4.92. The van der Waals surface area contributed by atoms with Gasteiger partial charge in [-0.3, -0.25) is 0 Å². The quantitative estimate of drug-likeness (QED) is 0.729. The third kappa shape index (κ3) is 3.07. The Balaban J connectivity index is 2.16. The number of nitriles is 1. The van der Waals surface area contributed by atoms with Crippen molar-refractivity contribution in [3.8, 4) is 6.07 Å². The van der Waals surface area contributed by atoms with Crippen LogP contribution in [0.5, 0.6) is 0 Å². The molecule has 2 rings (SSSR count). The molecule has 0 saturated carbocycles. The molecular formula is C12H17N5O3. The van der Waals surface area contributed by atoms with Gasteiger partial charge in [0.25, 0.3) is 0 Å². The lowest BCUT2D eigenvalue weighted by Gasteiger charge is -2.27. The predicted molar refractivity (Wildman–Crippen MR) is 71.6 cm³/mol. The third-order valence-electron chi connectivity index (χ3n) is 2.74. The Hall–Kier alpha value is -2.11. The number of nitrogens with one attached hydrogen (secondary N) is 1. The monoisotopic (exact) mass is 279 g/mol. The number of methoxy groups -OCH3 is 1. The molecule has 1 fully saturated rings. The van der Waals surface area contributed by atoms with Crippen LogP contribution in [0.2, 0.25) is 0 Å². The zero-order valence-electron chi connectivity index (χ0n) is 11.5. The molecule has 1 N–H and O–H groups in total. The normalized spacial score (nSPS) is 20.2. The molecule has 0 aromatic rings. The SMILES string of the molecule is C/C=N\N1CN=C(OC)C(C#N)=C1NCC1OCCO1. The lowest BCUT2D eigenvalue weighted by Crippen LogP contribution is -2.38. The first-order valence-corrected chi connectivity index (χ1v) is 6.26. The first-order chi connectivity index (χ1) is 9.80. The molecule has 2 aliphatic rings. The maximum Gasteiger partial charge on any atom is 0.232 e. The number of ether oxygens (including phenoxy) is 3. The molecule has 0 aliphatic carbocycles. The van der Waals surface area contributed by atoms with Gasteiger partial charge in [0.1, 0.15) is 18.6 Å². The minimum Gasteiger partial charge on any atom is -0.480 e. The molecule has 20 heavy (non-hydrogen) atoms.